The van der Waals surface area contributed by atoms with Gasteiger partial charge >= 0.3 is 0 Å². The molecular formula is C83H104N18O13. The van der Waals surface area contributed by atoms with E-state index in [0.29, 0.717) is 123 Å². The second-order valence-electron chi connectivity index (χ2n) is 31.2. The molecule has 0 aliphatic carbocycles. The number of aliphatic hydroxyl groups excluding tert-OH is 1. The summed E-state index contributed by atoms with van der Waals surface area (Å²) in [5.74, 6) is 2.28. The van der Waals surface area contributed by atoms with Gasteiger partial charge in [-0.25, -0.2) is 29.3 Å². The Morgan fingerprint density at radius 1 is 0.447 bits per heavy atom. The number of imidazole rings is 4. The quantitative estimate of drug-likeness (QED) is 0.0114. The van der Waals surface area contributed by atoms with Crippen LogP contribution in [-0.2, 0) is 36.8 Å². The maximum absolute atomic E-state index is 12.6. The number of likely N-dealkylation sites (N-methyl/N-ethyl adjacent to an activating group) is 1. The molecule has 0 saturated carbocycles. The summed E-state index contributed by atoms with van der Waals surface area (Å²) < 4.78 is 35.0. The standard InChI is InChI=1S/C24H34N6O6.C22H27N3O2.C19H24N6O4.C18H19N3O/c1-24(2,3)21(31)17-5-6-18-19(15-17)26-23(25-18)27-22(32)20-16-30(29-28-20)7-8-34-11-12-36-14-13-35-10-9-33-4;1-22(2,3)20(26)16-8-11-18-19(14-16)24-21(23-18)15-6-9-17(10-7-15)27-13-12-25(4)5;1-19(2,3)16(27)12-4-5-13-14(10-12)21-18(20-13)22-17(28)15-11-25(24-23-15)6-8-29-9-7-26;1-18(2,3)16(22)11-7-8-14-15(10-11)21-17(20-14)12-5-4-6-13(19)9-12/h5-6,15-16H,7-14H2,1-4H3,(H2,25,26,27,32);6-11,14H,12-13H2,1-5H3,(H,23,24);4-5,10-11,26H,6-9H2,1-3H3,(H2,20,21,22,28);4-10H,19H2,1-3H3,(H,20,21). The van der Waals surface area contributed by atoms with E-state index in [-0.39, 0.29) is 59.6 Å². The fraction of sp³-hybridized carbons (Fsp3) is 0.398. The molecule has 12 rings (SSSR count). The number of nitrogens with two attached hydrogens (primary N) is 1. The van der Waals surface area contributed by atoms with Gasteiger partial charge in [0.1, 0.15) is 24.0 Å². The zero-order valence-corrected chi connectivity index (χ0v) is 67.4. The fourth-order valence-corrected chi connectivity index (χ4v) is 11.0. The number of carbonyl (C=O) groups excluding carboxylic acids is 6. The summed E-state index contributed by atoms with van der Waals surface area (Å²) >= 11 is 0. The lowest BCUT2D eigenvalue weighted by Gasteiger charge is -2.16. The Kier molecular flexibility index (Phi) is 29.7. The summed E-state index contributed by atoms with van der Waals surface area (Å²) in [6.07, 6.45) is 3.04. The van der Waals surface area contributed by atoms with Crippen molar-refractivity contribution in [3.05, 3.63) is 167 Å². The molecule has 6 heterocycles. The first-order chi connectivity index (χ1) is 54.1. The van der Waals surface area contributed by atoms with Crippen LogP contribution >= 0.6 is 0 Å². The van der Waals surface area contributed by atoms with Crippen LogP contribution in [0.3, 0.4) is 0 Å². The van der Waals surface area contributed by atoms with E-state index in [2.05, 4.69) is 76.0 Å². The summed E-state index contributed by atoms with van der Waals surface area (Å²) in [6, 6.07) is 37.1. The van der Waals surface area contributed by atoms with Crippen LogP contribution in [0, 0.1) is 21.7 Å². The molecule has 0 spiro atoms. The fourth-order valence-electron chi connectivity index (χ4n) is 11.0. The number of carbonyl (C=O) groups is 6. The van der Waals surface area contributed by atoms with Gasteiger partial charge in [0.15, 0.2) is 34.5 Å². The van der Waals surface area contributed by atoms with Crippen LogP contribution in [-0.4, -0.2) is 215 Å². The molecular weight excluding hydrogens is 1460 g/mol. The van der Waals surface area contributed by atoms with E-state index in [1.165, 1.54) is 21.8 Å². The normalized spacial score (nSPS) is 11.8. The van der Waals surface area contributed by atoms with Crippen LogP contribution < -0.4 is 21.1 Å². The largest absolute Gasteiger partial charge is 0.492 e. The number of fused-ring (bicyclic) bond motifs is 4. The molecule has 604 valence electrons. The van der Waals surface area contributed by atoms with Crippen molar-refractivity contribution in [1.82, 2.24) is 74.8 Å². The number of Topliss-reactive ketones (excluding diaryl/α,β-unsaturated/α-hetero) is 4. The van der Waals surface area contributed by atoms with Crippen LogP contribution in [0.2, 0.25) is 0 Å². The van der Waals surface area contributed by atoms with Gasteiger partial charge in [0.05, 0.1) is 136 Å². The van der Waals surface area contributed by atoms with E-state index in [4.69, 9.17) is 39.3 Å². The maximum Gasteiger partial charge on any atom is 0.280 e. The molecule has 0 fully saturated rings. The minimum atomic E-state index is -0.491. The van der Waals surface area contributed by atoms with Gasteiger partial charge in [-0.2, -0.15) is 0 Å². The number of nitrogens with zero attached hydrogens (tertiary/aromatic N) is 11. The monoisotopic (exact) mass is 1560 g/mol. The zero-order valence-electron chi connectivity index (χ0n) is 67.4. The summed E-state index contributed by atoms with van der Waals surface area (Å²) in [5, 5.41) is 29.6. The van der Waals surface area contributed by atoms with Crippen LogP contribution in [0.1, 0.15) is 145 Å². The Bertz CT molecular complexity index is 5240. The lowest BCUT2D eigenvalue weighted by atomic mass is 9.86. The third-order valence-corrected chi connectivity index (χ3v) is 17.1. The Hall–Kier alpha value is -11.6. The van der Waals surface area contributed by atoms with E-state index in [1.807, 2.05) is 182 Å². The average Bonchev–Trinajstić information content (AvgIpc) is 1.63. The van der Waals surface area contributed by atoms with Crippen molar-refractivity contribution >= 4 is 96.7 Å². The summed E-state index contributed by atoms with van der Waals surface area (Å²) in [4.78, 5) is 107. The van der Waals surface area contributed by atoms with Crippen LogP contribution in [0.4, 0.5) is 17.6 Å². The highest BCUT2D eigenvalue weighted by Gasteiger charge is 2.28. The SMILES string of the molecule is CC(C)(C)C(=O)c1ccc2nc(-c3cccc(N)c3)[nH]c2c1.CC(C)(C)C(=O)c1ccc2nc(NC(=O)c3cn(CCOCCO)nn3)[nH]c2c1.CN(C)CCOc1ccc(-c2nc3ccc(C(=O)C(C)(C)C)cc3[nH]2)cc1.COCCOCCOCCOCCn1cc(C(=O)Nc2nc3ccc(C(=O)C(C)(C)C)cc3[nH]2)nn1. The number of methoxy groups -OCH3 is 1. The summed E-state index contributed by atoms with van der Waals surface area (Å²) in [7, 11) is 5.67. The van der Waals surface area contributed by atoms with E-state index in [0.717, 1.165) is 57.1 Å². The lowest BCUT2D eigenvalue weighted by molar-refractivity contribution is 0.00244. The van der Waals surface area contributed by atoms with Gasteiger partial charge in [0.25, 0.3) is 11.8 Å². The molecule has 31 heteroatoms. The van der Waals surface area contributed by atoms with Gasteiger partial charge in [0, 0.05) is 74.4 Å². The number of nitrogens with one attached hydrogen (secondary N) is 6. The van der Waals surface area contributed by atoms with Crippen molar-refractivity contribution < 1.29 is 62.3 Å². The third kappa shape index (κ3) is 25.0. The number of aliphatic hydroxyl groups is 1. The highest BCUT2D eigenvalue weighted by atomic mass is 16.6. The highest BCUT2D eigenvalue weighted by molar-refractivity contribution is 6.06. The summed E-state index contributed by atoms with van der Waals surface area (Å²) in [5.41, 5.74) is 15.5. The zero-order chi connectivity index (χ0) is 82.5. The number of hydrogen-bond donors (Lipinski definition) is 8. The van der Waals surface area contributed by atoms with Crippen molar-refractivity contribution in [1.29, 1.82) is 0 Å². The molecule has 31 nitrogen and oxygen atoms in total. The molecule has 0 unspecified atom stereocenters. The topological polar surface area (TPSA) is 407 Å². The maximum atomic E-state index is 12.6. The minimum absolute atomic E-state index is 0.0270. The molecule has 0 bridgehead atoms. The van der Waals surface area contributed by atoms with Crippen LogP contribution in [0.15, 0.2) is 134 Å². The smallest absolute Gasteiger partial charge is 0.280 e. The van der Waals surface area contributed by atoms with Crippen molar-refractivity contribution in [3.8, 4) is 28.5 Å². The second kappa shape index (κ2) is 39.3. The number of amides is 2. The molecule has 6 aromatic heterocycles. The molecule has 0 atom stereocenters. The van der Waals surface area contributed by atoms with Gasteiger partial charge in [-0.1, -0.05) is 106 Å². The van der Waals surface area contributed by atoms with Crippen LogP contribution in [0.25, 0.3) is 66.9 Å². The van der Waals surface area contributed by atoms with Gasteiger partial charge in [0.2, 0.25) is 11.9 Å². The second-order valence-corrected chi connectivity index (χ2v) is 31.2. The molecule has 0 aliphatic rings. The highest BCUT2D eigenvalue weighted by Crippen LogP contribution is 2.31. The first kappa shape index (κ1) is 86.4. The lowest BCUT2D eigenvalue weighted by Crippen LogP contribution is -2.20. The van der Waals surface area contributed by atoms with Crippen molar-refractivity contribution in [2.75, 3.05) is 117 Å². The predicted octanol–water partition coefficient (Wildman–Crippen LogP) is 12.4. The van der Waals surface area contributed by atoms with E-state index < -0.39 is 33.5 Å². The number of benzene rings is 6. The van der Waals surface area contributed by atoms with Gasteiger partial charge < -0.3 is 64.1 Å². The molecule has 12 aromatic rings. The number of aromatic amines is 4. The minimum Gasteiger partial charge on any atom is -0.492 e. The van der Waals surface area contributed by atoms with E-state index in [9.17, 15) is 28.8 Å². The summed E-state index contributed by atoms with van der Waals surface area (Å²) in [6.45, 7) is 29.1. The number of ketones is 4. The molecule has 9 N–H and O–H groups in total. The first-order valence-corrected chi connectivity index (χ1v) is 37.4. The third-order valence-electron chi connectivity index (χ3n) is 17.1. The predicted molar refractivity (Wildman–Crippen MR) is 437 cm³/mol. The van der Waals surface area contributed by atoms with Crippen molar-refractivity contribution in [3.63, 3.8) is 0 Å². The molecule has 2 amide bonds. The van der Waals surface area contributed by atoms with Gasteiger partial charge in [-0.15, -0.1) is 10.2 Å². The average molecular weight is 1560 g/mol. The molecule has 0 radical (unpaired) electrons. The van der Waals surface area contributed by atoms with Gasteiger partial charge in [-0.05, 0) is 123 Å². The molecule has 0 saturated heterocycles. The number of nitrogen functional groups attached to an aromatic ring is 1. The van der Waals surface area contributed by atoms with Gasteiger partial charge in [-0.3, -0.25) is 39.4 Å². The Morgan fingerprint density at radius 3 is 1.21 bits per heavy atom. The first-order valence-electron chi connectivity index (χ1n) is 37.4. The number of anilines is 3. The Labute approximate surface area is 661 Å². The van der Waals surface area contributed by atoms with E-state index in [1.54, 1.807) is 43.5 Å². The van der Waals surface area contributed by atoms with E-state index >= 15 is 0 Å². The van der Waals surface area contributed by atoms with Crippen LogP contribution in [0.5, 0.6) is 5.75 Å². The number of H-pyrrole nitrogens is 4. The Balaban J connectivity index is 0.000000176. The van der Waals surface area contributed by atoms with Crippen molar-refractivity contribution in [2.45, 2.75) is 96.2 Å². The number of rotatable bonds is 31. The number of aromatic nitrogens is 14. The number of hydrogen-bond acceptors (Lipinski definition) is 23. The molecule has 114 heavy (non-hydrogen) atoms. The molecule has 6 aromatic carbocycles. The van der Waals surface area contributed by atoms with Crippen molar-refractivity contribution in [2.24, 2.45) is 21.7 Å². The molecule has 0 aliphatic heterocycles. The Morgan fingerprint density at radius 2 is 0.825 bits per heavy atom. The number of ether oxygens (including phenoxy) is 6.